The van der Waals surface area contributed by atoms with Gasteiger partial charge in [-0.15, -0.1) is 0 Å². The summed E-state index contributed by atoms with van der Waals surface area (Å²) in [5, 5.41) is 5.19. The van der Waals surface area contributed by atoms with Gasteiger partial charge < -0.3 is 10.1 Å². The number of para-hydroxylation sites is 1. The van der Waals surface area contributed by atoms with Crippen molar-refractivity contribution in [2.75, 3.05) is 11.9 Å². The molecule has 0 aliphatic heterocycles. The third kappa shape index (κ3) is 3.74. The number of fused-ring (bicyclic) bond motifs is 1. The number of carbonyl (C=O) groups excluding carboxylic acids is 1. The summed E-state index contributed by atoms with van der Waals surface area (Å²) in [5.41, 5.74) is 1.97. The molecule has 0 atom stereocenters. The Hall–Kier alpha value is -2.81. The molecule has 3 aromatic rings. The van der Waals surface area contributed by atoms with E-state index >= 15 is 0 Å². The predicted molar refractivity (Wildman–Crippen MR) is 98.6 cm³/mol. The van der Waals surface area contributed by atoms with Crippen LogP contribution in [0.2, 0.25) is 0 Å². The van der Waals surface area contributed by atoms with E-state index in [0.29, 0.717) is 11.7 Å². The standard InChI is InChI=1S/C21H21NO2/c1-15(2)19-9-5-6-10-20(19)22-21(23)14-24-18-12-11-16-7-3-4-8-17(16)13-18/h3-13,15H,14H2,1-2H3,(H,22,23). The first-order valence-corrected chi connectivity index (χ1v) is 8.14. The van der Waals surface area contributed by atoms with Crippen molar-refractivity contribution in [2.24, 2.45) is 0 Å². The van der Waals surface area contributed by atoms with Crippen LogP contribution in [0, 0.1) is 0 Å². The maximum absolute atomic E-state index is 12.2. The molecule has 0 unspecified atom stereocenters. The molecule has 3 nitrogen and oxygen atoms in total. The summed E-state index contributed by atoms with van der Waals surface area (Å²) in [6.07, 6.45) is 0. The number of anilines is 1. The summed E-state index contributed by atoms with van der Waals surface area (Å²) in [6, 6.07) is 21.8. The van der Waals surface area contributed by atoms with E-state index in [2.05, 4.69) is 25.2 Å². The molecule has 0 aliphatic rings. The summed E-state index contributed by atoms with van der Waals surface area (Å²) < 4.78 is 5.64. The highest BCUT2D eigenvalue weighted by atomic mass is 16.5. The highest BCUT2D eigenvalue weighted by Crippen LogP contribution is 2.24. The van der Waals surface area contributed by atoms with Gasteiger partial charge in [0.2, 0.25) is 0 Å². The van der Waals surface area contributed by atoms with Crippen molar-refractivity contribution >= 4 is 22.4 Å². The van der Waals surface area contributed by atoms with Crippen LogP contribution in [-0.2, 0) is 4.79 Å². The highest BCUT2D eigenvalue weighted by molar-refractivity contribution is 5.92. The van der Waals surface area contributed by atoms with Gasteiger partial charge in [0.15, 0.2) is 6.61 Å². The van der Waals surface area contributed by atoms with Crippen molar-refractivity contribution < 1.29 is 9.53 Å². The number of hydrogen-bond donors (Lipinski definition) is 1. The zero-order chi connectivity index (χ0) is 16.9. The van der Waals surface area contributed by atoms with E-state index in [1.807, 2.05) is 60.7 Å². The summed E-state index contributed by atoms with van der Waals surface area (Å²) in [7, 11) is 0. The van der Waals surface area contributed by atoms with Gasteiger partial charge in [0.1, 0.15) is 5.75 Å². The molecule has 0 aromatic heterocycles. The monoisotopic (exact) mass is 319 g/mol. The second-order valence-electron chi connectivity index (χ2n) is 6.09. The minimum absolute atomic E-state index is 0.00916. The molecule has 0 fully saturated rings. The SMILES string of the molecule is CC(C)c1ccccc1NC(=O)COc1ccc2ccccc2c1. The van der Waals surface area contributed by atoms with Crippen molar-refractivity contribution in [3.63, 3.8) is 0 Å². The van der Waals surface area contributed by atoms with Crippen LogP contribution < -0.4 is 10.1 Å². The Morgan fingerprint density at radius 1 is 0.958 bits per heavy atom. The molecule has 3 rings (SSSR count). The number of nitrogens with one attached hydrogen (secondary N) is 1. The van der Waals surface area contributed by atoms with Crippen LogP contribution in [0.3, 0.4) is 0 Å². The fourth-order valence-corrected chi connectivity index (χ4v) is 2.71. The van der Waals surface area contributed by atoms with Gasteiger partial charge in [-0.1, -0.05) is 62.4 Å². The van der Waals surface area contributed by atoms with E-state index < -0.39 is 0 Å². The lowest BCUT2D eigenvalue weighted by Crippen LogP contribution is -2.21. The quantitative estimate of drug-likeness (QED) is 0.720. The molecule has 3 aromatic carbocycles. The molecule has 0 heterocycles. The zero-order valence-corrected chi connectivity index (χ0v) is 14.0. The lowest BCUT2D eigenvalue weighted by Gasteiger charge is -2.14. The van der Waals surface area contributed by atoms with Crippen molar-refractivity contribution in [1.82, 2.24) is 0 Å². The van der Waals surface area contributed by atoms with Crippen molar-refractivity contribution in [3.05, 3.63) is 72.3 Å². The first-order valence-electron chi connectivity index (χ1n) is 8.14. The van der Waals surface area contributed by atoms with Gasteiger partial charge in [-0.2, -0.15) is 0 Å². The molecule has 3 heteroatoms. The number of hydrogen-bond acceptors (Lipinski definition) is 2. The average Bonchev–Trinajstić information content (AvgIpc) is 2.60. The summed E-state index contributed by atoms with van der Waals surface area (Å²) in [6.45, 7) is 4.21. The molecule has 0 saturated heterocycles. The van der Waals surface area contributed by atoms with Crippen molar-refractivity contribution in [2.45, 2.75) is 19.8 Å². The third-order valence-electron chi connectivity index (χ3n) is 3.95. The van der Waals surface area contributed by atoms with E-state index in [0.717, 1.165) is 22.0 Å². The second kappa shape index (κ2) is 7.18. The van der Waals surface area contributed by atoms with E-state index in [-0.39, 0.29) is 12.5 Å². The van der Waals surface area contributed by atoms with Gasteiger partial charge in [-0.25, -0.2) is 0 Å². The van der Waals surface area contributed by atoms with Crippen LogP contribution in [0.25, 0.3) is 10.8 Å². The van der Waals surface area contributed by atoms with E-state index in [1.165, 1.54) is 0 Å². The molecule has 0 saturated carbocycles. The van der Waals surface area contributed by atoms with E-state index in [4.69, 9.17) is 4.74 Å². The molecule has 0 bridgehead atoms. The Morgan fingerprint density at radius 3 is 2.46 bits per heavy atom. The van der Waals surface area contributed by atoms with Crippen LogP contribution >= 0.6 is 0 Å². The second-order valence-corrected chi connectivity index (χ2v) is 6.09. The first kappa shape index (κ1) is 16.1. The Kier molecular flexibility index (Phi) is 4.80. The predicted octanol–water partition coefficient (Wildman–Crippen LogP) is 4.98. The number of ether oxygens (including phenoxy) is 1. The smallest absolute Gasteiger partial charge is 0.262 e. The summed E-state index contributed by atoms with van der Waals surface area (Å²) in [4.78, 5) is 12.2. The maximum atomic E-state index is 12.2. The molecular formula is C21H21NO2. The Morgan fingerprint density at radius 2 is 1.67 bits per heavy atom. The fourth-order valence-electron chi connectivity index (χ4n) is 2.71. The Bertz CT molecular complexity index is 855. The highest BCUT2D eigenvalue weighted by Gasteiger charge is 2.09. The lowest BCUT2D eigenvalue weighted by atomic mass is 10.0. The van der Waals surface area contributed by atoms with Crippen LogP contribution in [0.1, 0.15) is 25.3 Å². The van der Waals surface area contributed by atoms with Crippen LogP contribution in [0.15, 0.2) is 66.7 Å². The van der Waals surface area contributed by atoms with Gasteiger partial charge in [-0.3, -0.25) is 4.79 Å². The van der Waals surface area contributed by atoms with Crippen LogP contribution in [0.4, 0.5) is 5.69 Å². The zero-order valence-electron chi connectivity index (χ0n) is 14.0. The number of benzene rings is 3. The molecule has 24 heavy (non-hydrogen) atoms. The van der Waals surface area contributed by atoms with Crippen LogP contribution in [-0.4, -0.2) is 12.5 Å². The molecule has 0 spiro atoms. The average molecular weight is 319 g/mol. The topological polar surface area (TPSA) is 38.3 Å². The lowest BCUT2D eigenvalue weighted by molar-refractivity contribution is -0.118. The third-order valence-corrected chi connectivity index (χ3v) is 3.95. The van der Waals surface area contributed by atoms with Gasteiger partial charge in [-0.05, 0) is 40.5 Å². The van der Waals surface area contributed by atoms with Crippen LogP contribution in [0.5, 0.6) is 5.75 Å². The van der Waals surface area contributed by atoms with E-state index in [1.54, 1.807) is 0 Å². The molecule has 1 N–H and O–H groups in total. The molecular weight excluding hydrogens is 298 g/mol. The molecule has 122 valence electrons. The minimum Gasteiger partial charge on any atom is -0.484 e. The van der Waals surface area contributed by atoms with Gasteiger partial charge in [0.05, 0.1) is 0 Å². The largest absolute Gasteiger partial charge is 0.484 e. The molecule has 0 radical (unpaired) electrons. The summed E-state index contributed by atoms with van der Waals surface area (Å²) in [5.74, 6) is 0.889. The Labute approximate surface area is 142 Å². The molecule has 1 amide bonds. The van der Waals surface area contributed by atoms with E-state index in [9.17, 15) is 4.79 Å². The van der Waals surface area contributed by atoms with Gasteiger partial charge in [0, 0.05) is 5.69 Å². The fraction of sp³-hybridized carbons (Fsp3) is 0.190. The number of rotatable bonds is 5. The Balaban J connectivity index is 1.65. The maximum Gasteiger partial charge on any atom is 0.262 e. The first-order chi connectivity index (χ1) is 11.6. The minimum atomic E-state index is -0.156. The van der Waals surface area contributed by atoms with Crippen molar-refractivity contribution in [3.8, 4) is 5.75 Å². The normalized spacial score (nSPS) is 10.8. The van der Waals surface area contributed by atoms with Gasteiger partial charge >= 0.3 is 0 Å². The van der Waals surface area contributed by atoms with Gasteiger partial charge in [0.25, 0.3) is 5.91 Å². The number of carbonyl (C=O) groups is 1. The summed E-state index contributed by atoms with van der Waals surface area (Å²) >= 11 is 0. The number of amides is 1. The van der Waals surface area contributed by atoms with Crippen molar-refractivity contribution in [1.29, 1.82) is 0 Å². The molecule has 0 aliphatic carbocycles.